The molecule has 1 aliphatic rings. The maximum Gasteiger partial charge on any atom is 0.191 e. The van der Waals surface area contributed by atoms with Gasteiger partial charge in [-0.3, -0.25) is 4.99 Å². The third-order valence-corrected chi connectivity index (χ3v) is 4.67. The first-order chi connectivity index (χ1) is 14.2. The van der Waals surface area contributed by atoms with Gasteiger partial charge in [-0.15, -0.1) is 24.0 Å². The average molecular weight is 534 g/mol. The van der Waals surface area contributed by atoms with Crippen LogP contribution in [-0.4, -0.2) is 44.8 Å². The molecule has 0 bridgehead atoms. The molecule has 2 N–H and O–H groups in total. The van der Waals surface area contributed by atoms with Crippen molar-refractivity contribution < 1.29 is 17.9 Å². The Kier molecular flexibility index (Phi) is 10.4. The zero-order chi connectivity index (χ0) is 20.5. The van der Waals surface area contributed by atoms with Gasteiger partial charge in [-0.05, 0) is 44.0 Å². The van der Waals surface area contributed by atoms with Gasteiger partial charge in [0.15, 0.2) is 5.96 Å². The molecule has 1 atom stereocenters. The molecule has 1 aromatic heterocycles. The van der Waals surface area contributed by atoms with Crippen LogP contribution in [0.1, 0.15) is 25.5 Å². The van der Waals surface area contributed by atoms with E-state index in [1.165, 1.54) is 18.2 Å². The van der Waals surface area contributed by atoms with Crippen molar-refractivity contribution in [2.75, 3.05) is 37.7 Å². The molecule has 6 nitrogen and oxygen atoms in total. The Hall–Kier alpha value is -1.88. The van der Waals surface area contributed by atoms with E-state index in [1.807, 2.05) is 19.1 Å². The Bertz CT molecular complexity index is 769. The number of halogens is 3. The van der Waals surface area contributed by atoms with E-state index in [0.29, 0.717) is 38.8 Å². The van der Waals surface area contributed by atoms with Crippen LogP contribution in [0.5, 0.6) is 0 Å². The Morgan fingerprint density at radius 2 is 2.07 bits per heavy atom. The van der Waals surface area contributed by atoms with Crippen molar-refractivity contribution in [3.05, 3.63) is 54.0 Å². The van der Waals surface area contributed by atoms with Crippen LogP contribution in [0.4, 0.5) is 14.5 Å². The molecule has 1 aliphatic heterocycles. The highest BCUT2D eigenvalue weighted by atomic mass is 127. The Morgan fingerprint density at radius 1 is 1.27 bits per heavy atom. The summed E-state index contributed by atoms with van der Waals surface area (Å²) in [6, 6.07) is 7.75. The molecule has 0 radical (unpaired) electrons. The Labute approximate surface area is 193 Å². The van der Waals surface area contributed by atoms with Gasteiger partial charge in [0.1, 0.15) is 29.7 Å². The molecule has 1 unspecified atom stereocenters. The van der Waals surface area contributed by atoms with Gasteiger partial charge in [-0.2, -0.15) is 0 Å². The summed E-state index contributed by atoms with van der Waals surface area (Å²) in [4.78, 5) is 6.31. The monoisotopic (exact) mass is 534 g/mol. The maximum atomic E-state index is 14.0. The van der Waals surface area contributed by atoms with Crippen LogP contribution >= 0.6 is 24.0 Å². The highest BCUT2D eigenvalue weighted by Crippen LogP contribution is 2.26. The lowest BCUT2D eigenvalue weighted by Gasteiger charge is -2.21. The molecule has 1 aromatic carbocycles. The first-order valence-corrected chi connectivity index (χ1v) is 10.0. The number of anilines is 1. The van der Waals surface area contributed by atoms with Crippen molar-refractivity contribution in [1.82, 2.24) is 10.6 Å². The lowest BCUT2D eigenvalue weighted by atomic mass is 10.2. The summed E-state index contributed by atoms with van der Waals surface area (Å²) in [5.41, 5.74) is 0.0486. The molecule has 2 heterocycles. The summed E-state index contributed by atoms with van der Waals surface area (Å²) < 4.78 is 38.8. The molecule has 1 fully saturated rings. The number of hydrogen-bond donors (Lipinski definition) is 2. The van der Waals surface area contributed by atoms with E-state index in [0.717, 1.165) is 25.1 Å². The van der Waals surface area contributed by atoms with E-state index in [4.69, 9.17) is 9.15 Å². The van der Waals surface area contributed by atoms with E-state index >= 15 is 0 Å². The summed E-state index contributed by atoms with van der Waals surface area (Å²) in [5.74, 6) is 0.460. The van der Waals surface area contributed by atoms with Crippen molar-refractivity contribution in [3.8, 4) is 0 Å². The standard InChI is InChI=1S/C21H28F2N4O2.HI/c1-2-24-21(25-10-5-12-28-15-17-6-4-13-29-17)26-16-9-11-27(14-16)20-18(22)7-3-8-19(20)23;/h3-4,6-8,13,16H,2,5,9-12,14-15H2,1H3,(H2,24,25,26);1H. The SMILES string of the molecule is CCNC(=NCCCOCc1ccco1)NC1CCN(c2c(F)cccc2F)C1.I. The van der Waals surface area contributed by atoms with Gasteiger partial charge in [0.2, 0.25) is 0 Å². The quantitative estimate of drug-likeness (QED) is 0.221. The molecule has 2 aromatic rings. The number of hydrogen-bond acceptors (Lipinski definition) is 4. The second kappa shape index (κ2) is 12.7. The van der Waals surface area contributed by atoms with Gasteiger partial charge in [0, 0.05) is 38.8 Å². The number of guanidine groups is 1. The zero-order valence-electron chi connectivity index (χ0n) is 17.1. The van der Waals surface area contributed by atoms with Gasteiger partial charge in [0.25, 0.3) is 0 Å². The summed E-state index contributed by atoms with van der Waals surface area (Å²) >= 11 is 0. The molecule has 0 amide bonds. The van der Waals surface area contributed by atoms with Crippen molar-refractivity contribution in [2.24, 2.45) is 4.99 Å². The second-order valence-electron chi connectivity index (χ2n) is 6.89. The maximum absolute atomic E-state index is 14.0. The van der Waals surface area contributed by atoms with Crippen LogP contribution in [0.15, 0.2) is 46.0 Å². The van der Waals surface area contributed by atoms with Crippen molar-refractivity contribution in [1.29, 1.82) is 0 Å². The number of aliphatic imine (C=N–C) groups is 1. The predicted octanol–water partition coefficient (Wildman–Crippen LogP) is 3.92. The van der Waals surface area contributed by atoms with Gasteiger partial charge in [0.05, 0.1) is 6.26 Å². The van der Waals surface area contributed by atoms with Crippen LogP contribution in [0.25, 0.3) is 0 Å². The van der Waals surface area contributed by atoms with Gasteiger partial charge >= 0.3 is 0 Å². The molecule has 166 valence electrons. The minimum Gasteiger partial charge on any atom is -0.467 e. The highest BCUT2D eigenvalue weighted by molar-refractivity contribution is 14.0. The molecular formula is C21H29F2IN4O2. The van der Waals surface area contributed by atoms with Crippen molar-refractivity contribution >= 4 is 35.6 Å². The number of nitrogens with zero attached hydrogens (tertiary/aromatic N) is 2. The summed E-state index contributed by atoms with van der Waals surface area (Å²) in [7, 11) is 0. The number of ether oxygens (including phenoxy) is 1. The molecule has 1 saturated heterocycles. The fraction of sp³-hybridized carbons (Fsp3) is 0.476. The van der Waals surface area contributed by atoms with Crippen LogP contribution in [0, 0.1) is 11.6 Å². The third kappa shape index (κ3) is 7.12. The molecule has 0 spiro atoms. The van der Waals surface area contributed by atoms with Crippen molar-refractivity contribution in [3.63, 3.8) is 0 Å². The average Bonchev–Trinajstić information content (AvgIpc) is 3.37. The zero-order valence-corrected chi connectivity index (χ0v) is 19.4. The first-order valence-electron chi connectivity index (χ1n) is 10.0. The molecule has 0 aliphatic carbocycles. The minimum atomic E-state index is -0.527. The van der Waals surface area contributed by atoms with E-state index in [1.54, 1.807) is 11.2 Å². The first kappa shape index (κ1) is 24.4. The van der Waals surface area contributed by atoms with E-state index in [9.17, 15) is 8.78 Å². The van der Waals surface area contributed by atoms with E-state index in [-0.39, 0.29) is 35.7 Å². The fourth-order valence-corrected chi connectivity index (χ4v) is 3.31. The summed E-state index contributed by atoms with van der Waals surface area (Å²) in [5, 5.41) is 6.58. The minimum absolute atomic E-state index is 0. The smallest absolute Gasteiger partial charge is 0.191 e. The topological polar surface area (TPSA) is 62.0 Å². The molecule has 30 heavy (non-hydrogen) atoms. The van der Waals surface area contributed by atoms with Gasteiger partial charge in [-0.1, -0.05) is 6.07 Å². The van der Waals surface area contributed by atoms with Crippen molar-refractivity contribution in [2.45, 2.75) is 32.4 Å². The number of para-hydroxylation sites is 1. The summed E-state index contributed by atoms with van der Waals surface area (Å²) in [6.45, 7) is 5.52. The molecule has 0 saturated carbocycles. The van der Waals surface area contributed by atoms with Gasteiger partial charge in [-0.25, -0.2) is 8.78 Å². The predicted molar refractivity (Wildman–Crippen MR) is 124 cm³/mol. The summed E-state index contributed by atoms with van der Waals surface area (Å²) in [6.07, 6.45) is 3.20. The largest absolute Gasteiger partial charge is 0.467 e. The van der Waals surface area contributed by atoms with Crippen LogP contribution in [0.2, 0.25) is 0 Å². The van der Waals surface area contributed by atoms with Gasteiger partial charge < -0.3 is 24.7 Å². The van der Waals surface area contributed by atoms with Crippen LogP contribution < -0.4 is 15.5 Å². The lowest BCUT2D eigenvalue weighted by molar-refractivity contribution is 0.105. The second-order valence-corrected chi connectivity index (χ2v) is 6.89. The van der Waals surface area contributed by atoms with Crippen LogP contribution in [0.3, 0.4) is 0 Å². The van der Waals surface area contributed by atoms with E-state index < -0.39 is 11.6 Å². The molecular weight excluding hydrogens is 505 g/mol. The number of nitrogens with one attached hydrogen (secondary N) is 2. The molecule has 9 heteroatoms. The van der Waals surface area contributed by atoms with Crippen LogP contribution in [-0.2, 0) is 11.3 Å². The third-order valence-electron chi connectivity index (χ3n) is 4.67. The Morgan fingerprint density at radius 3 is 2.77 bits per heavy atom. The normalized spacial score (nSPS) is 16.4. The molecule has 3 rings (SSSR count). The number of rotatable bonds is 9. The number of benzene rings is 1. The Balaban J connectivity index is 0.00000320. The number of furan rings is 1. The van der Waals surface area contributed by atoms with E-state index in [2.05, 4.69) is 15.6 Å². The lowest BCUT2D eigenvalue weighted by Crippen LogP contribution is -2.44. The highest BCUT2D eigenvalue weighted by Gasteiger charge is 2.27. The fourth-order valence-electron chi connectivity index (χ4n) is 3.31.